The van der Waals surface area contributed by atoms with Crippen molar-refractivity contribution in [1.29, 1.82) is 0 Å². The molecule has 1 saturated heterocycles. The van der Waals surface area contributed by atoms with E-state index in [1.54, 1.807) is 0 Å². The van der Waals surface area contributed by atoms with Gasteiger partial charge in [0.1, 0.15) is 5.60 Å². The van der Waals surface area contributed by atoms with Crippen LogP contribution in [0, 0.1) is 0 Å². The van der Waals surface area contributed by atoms with Crippen LogP contribution in [-0.2, 0) is 4.74 Å². The molecule has 0 atom stereocenters. The van der Waals surface area contributed by atoms with E-state index in [9.17, 15) is 4.79 Å². The van der Waals surface area contributed by atoms with Crippen LogP contribution in [0.3, 0.4) is 0 Å². The molecule has 0 aromatic carbocycles. The Morgan fingerprint density at radius 1 is 1.30 bits per heavy atom. The lowest BCUT2D eigenvalue weighted by Gasteiger charge is -2.33. The summed E-state index contributed by atoms with van der Waals surface area (Å²) in [6.07, 6.45) is 1.33. The monoisotopic (exact) mass is 319 g/mol. The van der Waals surface area contributed by atoms with Gasteiger partial charge >= 0.3 is 6.09 Å². The number of aromatic nitrogens is 5. The predicted molar refractivity (Wildman–Crippen MR) is 83.2 cm³/mol. The summed E-state index contributed by atoms with van der Waals surface area (Å²) in [5, 5.41) is 18.5. The van der Waals surface area contributed by atoms with Crippen LogP contribution in [0.2, 0.25) is 0 Å². The highest BCUT2D eigenvalue weighted by molar-refractivity contribution is 5.68. The number of nitrogens with one attached hydrogen (secondary N) is 1. The molecule has 1 amide bonds. The molecule has 1 fully saturated rings. The van der Waals surface area contributed by atoms with E-state index in [0.29, 0.717) is 5.65 Å². The number of amides is 1. The van der Waals surface area contributed by atoms with Crippen LogP contribution in [0.25, 0.3) is 5.65 Å². The van der Waals surface area contributed by atoms with Gasteiger partial charge in [0, 0.05) is 19.1 Å². The number of piperidine rings is 1. The molecule has 2 aromatic rings. The van der Waals surface area contributed by atoms with Crippen LogP contribution in [0.15, 0.2) is 12.1 Å². The summed E-state index contributed by atoms with van der Waals surface area (Å²) in [6, 6.07) is 3.87. The summed E-state index contributed by atoms with van der Waals surface area (Å²) in [4.78, 5) is 14.0. The molecular weight excluding hydrogens is 298 g/mol. The van der Waals surface area contributed by atoms with Gasteiger partial charge in [-0.1, -0.05) is 0 Å². The first-order chi connectivity index (χ1) is 10.9. The number of hydrogen-bond donors (Lipinski definition) is 1. The minimum Gasteiger partial charge on any atom is -0.444 e. The largest absolute Gasteiger partial charge is 0.444 e. The highest BCUT2D eigenvalue weighted by Crippen LogP contribution is 2.18. The van der Waals surface area contributed by atoms with E-state index in [1.165, 1.54) is 4.63 Å². The Labute approximate surface area is 134 Å². The Hall–Kier alpha value is -2.45. The van der Waals surface area contributed by atoms with Crippen LogP contribution >= 0.6 is 0 Å². The minimum atomic E-state index is -0.476. The molecule has 0 bridgehead atoms. The van der Waals surface area contributed by atoms with Gasteiger partial charge in [0.15, 0.2) is 11.5 Å². The number of ether oxygens (including phenoxy) is 1. The van der Waals surface area contributed by atoms with Gasteiger partial charge in [-0.15, -0.1) is 14.8 Å². The van der Waals surface area contributed by atoms with E-state index in [4.69, 9.17) is 4.74 Å². The number of tetrazole rings is 1. The van der Waals surface area contributed by atoms with Gasteiger partial charge in [0.2, 0.25) is 0 Å². The second-order valence-electron chi connectivity index (χ2n) is 6.63. The van der Waals surface area contributed by atoms with Gasteiger partial charge in [0.25, 0.3) is 0 Å². The van der Waals surface area contributed by atoms with Crippen LogP contribution in [0.1, 0.15) is 33.6 Å². The molecule has 124 valence electrons. The summed E-state index contributed by atoms with van der Waals surface area (Å²) in [6.45, 7) is 7.18. The lowest BCUT2D eigenvalue weighted by atomic mass is 10.1. The summed E-state index contributed by atoms with van der Waals surface area (Å²) < 4.78 is 6.71. The number of anilines is 1. The molecule has 9 nitrogen and oxygen atoms in total. The molecule has 0 unspecified atom stereocenters. The van der Waals surface area contributed by atoms with Crippen molar-refractivity contribution in [1.82, 2.24) is 30.6 Å². The van der Waals surface area contributed by atoms with E-state index in [0.717, 1.165) is 31.7 Å². The Balaban J connectivity index is 1.54. The smallest absolute Gasteiger partial charge is 0.407 e. The SMILES string of the molecule is CC(C)(C)OC(=O)NC1CCN(c2ccc3nnnn3n2)CC1. The van der Waals surface area contributed by atoms with Crippen LogP contribution in [0.4, 0.5) is 10.6 Å². The Morgan fingerprint density at radius 3 is 2.74 bits per heavy atom. The lowest BCUT2D eigenvalue weighted by Crippen LogP contribution is -2.46. The van der Waals surface area contributed by atoms with Crippen molar-refractivity contribution in [3.05, 3.63) is 12.1 Å². The maximum atomic E-state index is 11.8. The predicted octanol–water partition coefficient (Wildman–Crippen LogP) is 1.01. The normalized spacial score (nSPS) is 16.6. The van der Waals surface area contributed by atoms with Crippen molar-refractivity contribution >= 4 is 17.6 Å². The molecule has 0 aliphatic carbocycles. The number of rotatable bonds is 2. The zero-order chi connectivity index (χ0) is 16.4. The standard InChI is InChI=1S/C14H21N7O2/c1-14(2,3)23-13(22)15-10-6-8-20(9-7-10)12-5-4-11-16-18-19-21(11)17-12/h4-5,10H,6-9H2,1-3H3,(H,15,22). The number of hydrogen-bond acceptors (Lipinski definition) is 7. The maximum Gasteiger partial charge on any atom is 0.407 e. The lowest BCUT2D eigenvalue weighted by molar-refractivity contribution is 0.0497. The van der Waals surface area contributed by atoms with Crippen molar-refractivity contribution < 1.29 is 9.53 Å². The van der Waals surface area contributed by atoms with Gasteiger partial charge < -0.3 is 15.0 Å². The molecule has 9 heteroatoms. The fourth-order valence-electron chi connectivity index (χ4n) is 2.54. The topological polar surface area (TPSA) is 97.5 Å². The number of carbonyl (C=O) groups is 1. The van der Waals surface area contributed by atoms with Crippen molar-refractivity contribution in [2.75, 3.05) is 18.0 Å². The summed E-state index contributed by atoms with van der Waals surface area (Å²) in [5.74, 6) is 0.834. The molecule has 2 aromatic heterocycles. The van der Waals surface area contributed by atoms with Gasteiger partial charge in [-0.2, -0.15) is 0 Å². The van der Waals surface area contributed by atoms with Gasteiger partial charge in [-0.05, 0) is 56.2 Å². The maximum absolute atomic E-state index is 11.8. The van der Waals surface area contributed by atoms with Crippen molar-refractivity contribution in [2.24, 2.45) is 0 Å². The van der Waals surface area contributed by atoms with E-state index in [2.05, 4.69) is 30.8 Å². The Morgan fingerprint density at radius 2 is 2.04 bits per heavy atom. The molecular formula is C14H21N7O2. The fourth-order valence-corrected chi connectivity index (χ4v) is 2.54. The number of nitrogens with zero attached hydrogens (tertiary/aromatic N) is 6. The van der Waals surface area contributed by atoms with Crippen molar-refractivity contribution in [3.8, 4) is 0 Å². The molecule has 1 aliphatic heterocycles. The zero-order valence-corrected chi connectivity index (χ0v) is 13.6. The number of fused-ring (bicyclic) bond motifs is 1. The molecule has 1 aliphatic rings. The summed E-state index contributed by atoms with van der Waals surface area (Å²) >= 11 is 0. The van der Waals surface area contributed by atoms with Crippen molar-refractivity contribution in [2.45, 2.75) is 45.3 Å². The van der Waals surface area contributed by atoms with Crippen LogP contribution in [0.5, 0.6) is 0 Å². The Kier molecular flexibility index (Phi) is 4.01. The first-order valence-electron chi connectivity index (χ1n) is 7.71. The molecule has 1 N–H and O–H groups in total. The second-order valence-corrected chi connectivity index (χ2v) is 6.63. The average molecular weight is 319 g/mol. The van der Waals surface area contributed by atoms with Crippen molar-refractivity contribution in [3.63, 3.8) is 0 Å². The highest BCUT2D eigenvalue weighted by Gasteiger charge is 2.24. The zero-order valence-electron chi connectivity index (χ0n) is 13.6. The molecule has 3 rings (SSSR count). The third-order valence-corrected chi connectivity index (χ3v) is 3.60. The third kappa shape index (κ3) is 3.85. The first kappa shape index (κ1) is 15.4. The minimum absolute atomic E-state index is 0.123. The van der Waals surface area contributed by atoms with E-state index >= 15 is 0 Å². The highest BCUT2D eigenvalue weighted by atomic mass is 16.6. The van der Waals surface area contributed by atoms with E-state index in [-0.39, 0.29) is 12.1 Å². The van der Waals surface area contributed by atoms with E-state index < -0.39 is 5.60 Å². The molecule has 3 heterocycles. The van der Waals surface area contributed by atoms with E-state index in [1.807, 2.05) is 32.9 Å². The molecule has 0 saturated carbocycles. The molecule has 0 spiro atoms. The second kappa shape index (κ2) is 5.98. The summed E-state index contributed by atoms with van der Waals surface area (Å²) in [7, 11) is 0. The third-order valence-electron chi connectivity index (χ3n) is 3.60. The fraction of sp³-hybridized carbons (Fsp3) is 0.643. The first-order valence-corrected chi connectivity index (χ1v) is 7.71. The molecule has 0 radical (unpaired) electrons. The number of carbonyl (C=O) groups excluding carboxylic acids is 1. The molecule has 23 heavy (non-hydrogen) atoms. The quantitative estimate of drug-likeness (QED) is 0.882. The number of alkyl carbamates (subject to hydrolysis) is 1. The Bertz CT molecular complexity index is 686. The van der Waals surface area contributed by atoms with Crippen LogP contribution in [-0.4, -0.2) is 56.1 Å². The average Bonchev–Trinajstić information content (AvgIpc) is 2.93. The van der Waals surface area contributed by atoms with Gasteiger partial charge in [-0.25, -0.2) is 4.79 Å². The summed E-state index contributed by atoms with van der Waals surface area (Å²) in [5.41, 5.74) is 0.144. The van der Waals surface area contributed by atoms with Gasteiger partial charge in [-0.3, -0.25) is 0 Å². The van der Waals surface area contributed by atoms with Gasteiger partial charge in [0.05, 0.1) is 0 Å². The van der Waals surface area contributed by atoms with Crippen LogP contribution < -0.4 is 10.2 Å².